The summed E-state index contributed by atoms with van der Waals surface area (Å²) in [5.41, 5.74) is 7.49. The van der Waals surface area contributed by atoms with Crippen molar-refractivity contribution < 1.29 is 0 Å². The van der Waals surface area contributed by atoms with Gasteiger partial charge in [0.05, 0.1) is 0 Å². The minimum Gasteiger partial charge on any atom is -0.330 e. The first kappa shape index (κ1) is 16.2. The van der Waals surface area contributed by atoms with Crippen LogP contribution in [-0.2, 0) is 6.42 Å². The van der Waals surface area contributed by atoms with E-state index in [9.17, 15) is 0 Å². The van der Waals surface area contributed by atoms with Gasteiger partial charge >= 0.3 is 0 Å². The maximum atomic E-state index is 5.85. The van der Waals surface area contributed by atoms with Crippen LogP contribution in [0.2, 0.25) is 0 Å². The van der Waals surface area contributed by atoms with Crippen LogP contribution in [0.15, 0.2) is 30.3 Å². The van der Waals surface area contributed by atoms with Crippen molar-refractivity contribution in [2.45, 2.75) is 46.6 Å². The van der Waals surface area contributed by atoms with Crippen molar-refractivity contribution in [3.8, 4) is 0 Å². The number of hydrogen-bond acceptors (Lipinski definition) is 2. The van der Waals surface area contributed by atoms with Crippen molar-refractivity contribution in [3.63, 3.8) is 0 Å². The van der Waals surface area contributed by atoms with Gasteiger partial charge in [0, 0.05) is 12.6 Å². The summed E-state index contributed by atoms with van der Waals surface area (Å²) >= 11 is 0. The number of nitrogens with two attached hydrogens (primary N) is 1. The number of aryl methyl sites for hydroxylation is 1. The molecule has 2 N–H and O–H groups in total. The number of benzene rings is 1. The lowest BCUT2D eigenvalue weighted by molar-refractivity contribution is 0.142. The fourth-order valence-electron chi connectivity index (χ4n) is 2.40. The molecule has 0 bridgehead atoms. The third kappa shape index (κ3) is 5.75. The molecule has 1 atom stereocenters. The Balaban J connectivity index is 2.48. The standard InChI is InChI=1S/C17H30N2/c1-5-19(14-17(3,4)13-18)15(2)11-12-16-9-7-6-8-10-16/h6-10,15H,5,11-14,18H2,1-4H3. The van der Waals surface area contributed by atoms with Crippen LogP contribution in [0.3, 0.4) is 0 Å². The summed E-state index contributed by atoms with van der Waals surface area (Å²) in [6, 6.07) is 11.4. The molecule has 108 valence electrons. The number of nitrogens with zero attached hydrogens (tertiary/aromatic N) is 1. The van der Waals surface area contributed by atoms with E-state index in [-0.39, 0.29) is 5.41 Å². The summed E-state index contributed by atoms with van der Waals surface area (Å²) in [7, 11) is 0. The van der Waals surface area contributed by atoms with Gasteiger partial charge in [0.1, 0.15) is 0 Å². The highest BCUT2D eigenvalue weighted by Crippen LogP contribution is 2.18. The van der Waals surface area contributed by atoms with Gasteiger partial charge in [-0.05, 0) is 43.8 Å². The third-order valence-corrected chi connectivity index (χ3v) is 3.91. The molecule has 0 aliphatic carbocycles. The van der Waals surface area contributed by atoms with Crippen molar-refractivity contribution in [2.24, 2.45) is 11.1 Å². The van der Waals surface area contributed by atoms with Crippen molar-refractivity contribution in [2.75, 3.05) is 19.6 Å². The molecule has 0 radical (unpaired) electrons. The molecule has 0 aliphatic heterocycles. The molecular weight excluding hydrogens is 232 g/mol. The first-order valence-corrected chi connectivity index (χ1v) is 7.46. The van der Waals surface area contributed by atoms with Crippen LogP contribution < -0.4 is 5.73 Å². The topological polar surface area (TPSA) is 29.3 Å². The van der Waals surface area contributed by atoms with Gasteiger partial charge in [0.15, 0.2) is 0 Å². The maximum Gasteiger partial charge on any atom is 0.00702 e. The van der Waals surface area contributed by atoms with E-state index in [0.717, 1.165) is 26.1 Å². The van der Waals surface area contributed by atoms with Crippen LogP contribution in [0.5, 0.6) is 0 Å². The van der Waals surface area contributed by atoms with Crippen molar-refractivity contribution in [3.05, 3.63) is 35.9 Å². The molecule has 1 unspecified atom stereocenters. The predicted molar refractivity (Wildman–Crippen MR) is 84.3 cm³/mol. The third-order valence-electron chi connectivity index (χ3n) is 3.91. The second-order valence-corrected chi connectivity index (χ2v) is 6.30. The fourth-order valence-corrected chi connectivity index (χ4v) is 2.40. The van der Waals surface area contributed by atoms with Crippen LogP contribution in [0.1, 0.15) is 39.7 Å². The Morgan fingerprint density at radius 3 is 2.37 bits per heavy atom. The SMILES string of the molecule is CCN(CC(C)(C)CN)C(C)CCc1ccccc1. The minimum atomic E-state index is 0.205. The van der Waals surface area contributed by atoms with E-state index in [2.05, 4.69) is 62.9 Å². The Bertz CT molecular complexity index is 346. The van der Waals surface area contributed by atoms with Gasteiger partial charge in [-0.2, -0.15) is 0 Å². The molecule has 0 saturated heterocycles. The van der Waals surface area contributed by atoms with E-state index < -0.39 is 0 Å². The summed E-state index contributed by atoms with van der Waals surface area (Å²) in [5, 5.41) is 0. The highest BCUT2D eigenvalue weighted by Gasteiger charge is 2.22. The highest BCUT2D eigenvalue weighted by atomic mass is 15.2. The van der Waals surface area contributed by atoms with Crippen LogP contribution >= 0.6 is 0 Å². The van der Waals surface area contributed by atoms with E-state index in [1.165, 1.54) is 12.0 Å². The van der Waals surface area contributed by atoms with E-state index in [1.807, 2.05) is 0 Å². The lowest BCUT2D eigenvalue weighted by atomic mass is 9.92. The zero-order valence-electron chi connectivity index (χ0n) is 13.0. The lowest BCUT2D eigenvalue weighted by Crippen LogP contribution is -2.43. The normalized spacial score (nSPS) is 13.8. The molecule has 1 rings (SSSR count). The van der Waals surface area contributed by atoms with Crippen LogP contribution in [0, 0.1) is 5.41 Å². The summed E-state index contributed by atoms with van der Waals surface area (Å²) in [6.45, 7) is 12.0. The first-order chi connectivity index (χ1) is 8.98. The molecule has 0 heterocycles. The van der Waals surface area contributed by atoms with Crippen LogP contribution in [0.4, 0.5) is 0 Å². The lowest BCUT2D eigenvalue weighted by Gasteiger charge is -2.35. The molecular formula is C17H30N2. The Labute approximate surface area is 119 Å². The number of hydrogen-bond donors (Lipinski definition) is 1. The molecule has 1 aromatic carbocycles. The van der Waals surface area contributed by atoms with Gasteiger partial charge in [-0.3, -0.25) is 0 Å². The predicted octanol–water partition coefficient (Wildman–Crippen LogP) is 3.31. The van der Waals surface area contributed by atoms with Gasteiger partial charge in [-0.15, -0.1) is 0 Å². The molecule has 19 heavy (non-hydrogen) atoms. The molecule has 0 fully saturated rings. The minimum absolute atomic E-state index is 0.205. The smallest absolute Gasteiger partial charge is 0.00702 e. The summed E-state index contributed by atoms with van der Waals surface area (Å²) in [6.07, 6.45) is 2.36. The van der Waals surface area contributed by atoms with Gasteiger partial charge in [-0.25, -0.2) is 0 Å². The van der Waals surface area contributed by atoms with Crippen LogP contribution in [0.25, 0.3) is 0 Å². The fraction of sp³-hybridized carbons (Fsp3) is 0.647. The van der Waals surface area contributed by atoms with E-state index >= 15 is 0 Å². The Hall–Kier alpha value is -0.860. The van der Waals surface area contributed by atoms with Crippen molar-refractivity contribution in [1.29, 1.82) is 0 Å². The Morgan fingerprint density at radius 1 is 1.21 bits per heavy atom. The summed E-state index contributed by atoms with van der Waals surface area (Å²) in [4.78, 5) is 2.55. The summed E-state index contributed by atoms with van der Waals surface area (Å²) < 4.78 is 0. The van der Waals surface area contributed by atoms with E-state index in [1.54, 1.807) is 0 Å². The van der Waals surface area contributed by atoms with Crippen LogP contribution in [-0.4, -0.2) is 30.6 Å². The first-order valence-electron chi connectivity index (χ1n) is 7.46. The average Bonchev–Trinajstić information content (AvgIpc) is 2.43. The second kappa shape index (κ2) is 7.66. The zero-order chi connectivity index (χ0) is 14.3. The molecule has 0 aliphatic rings. The molecule has 0 amide bonds. The van der Waals surface area contributed by atoms with Crippen molar-refractivity contribution >= 4 is 0 Å². The Morgan fingerprint density at radius 2 is 1.84 bits per heavy atom. The van der Waals surface area contributed by atoms with Crippen molar-refractivity contribution in [1.82, 2.24) is 4.90 Å². The van der Waals surface area contributed by atoms with E-state index in [4.69, 9.17) is 5.73 Å². The quantitative estimate of drug-likeness (QED) is 0.779. The van der Waals surface area contributed by atoms with Gasteiger partial charge in [-0.1, -0.05) is 51.1 Å². The van der Waals surface area contributed by atoms with Gasteiger partial charge < -0.3 is 10.6 Å². The Kier molecular flexibility index (Phi) is 6.53. The summed E-state index contributed by atoms with van der Waals surface area (Å²) in [5.74, 6) is 0. The molecule has 2 heteroatoms. The molecule has 1 aromatic rings. The van der Waals surface area contributed by atoms with Gasteiger partial charge in [0.2, 0.25) is 0 Å². The average molecular weight is 262 g/mol. The maximum absolute atomic E-state index is 5.85. The van der Waals surface area contributed by atoms with E-state index in [0.29, 0.717) is 6.04 Å². The molecule has 0 aromatic heterocycles. The molecule has 0 saturated carbocycles. The zero-order valence-corrected chi connectivity index (χ0v) is 13.0. The molecule has 0 spiro atoms. The highest BCUT2D eigenvalue weighted by molar-refractivity contribution is 5.14. The van der Waals surface area contributed by atoms with Gasteiger partial charge in [0.25, 0.3) is 0 Å². The second-order valence-electron chi connectivity index (χ2n) is 6.30. The monoisotopic (exact) mass is 262 g/mol. The molecule has 2 nitrogen and oxygen atoms in total. The largest absolute Gasteiger partial charge is 0.330 e. The number of rotatable bonds is 8.